The molecule has 1 amide bonds. The van der Waals surface area contributed by atoms with Crippen molar-refractivity contribution in [1.82, 2.24) is 4.90 Å². The summed E-state index contributed by atoms with van der Waals surface area (Å²) in [6.07, 6.45) is 7.52. The van der Waals surface area contributed by atoms with Gasteiger partial charge in [0.2, 0.25) is 5.91 Å². The summed E-state index contributed by atoms with van der Waals surface area (Å²) in [5.74, 6) is 1.57. The van der Waals surface area contributed by atoms with E-state index in [1.54, 1.807) is 0 Å². The van der Waals surface area contributed by atoms with E-state index >= 15 is 0 Å². The number of piperidine rings is 1. The zero-order valence-electron chi connectivity index (χ0n) is 12.1. The maximum Gasteiger partial charge on any atom is 0.243 e. The molecule has 0 aromatic heterocycles. The molecule has 2 heterocycles. The van der Waals surface area contributed by atoms with Gasteiger partial charge in [0, 0.05) is 26.3 Å². The molecule has 1 aliphatic carbocycles. The predicted octanol–water partition coefficient (Wildman–Crippen LogP) is 2.35. The summed E-state index contributed by atoms with van der Waals surface area (Å²) < 4.78 is 5.33. The van der Waals surface area contributed by atoms with Gasteiger partial charge < -0.3 is 9.64 Å². The van der Waals surface area contributed by atoms with Crippen LogP contribution in [0.15, 0.2) is 0 Å². The Hall–Kier alpha value is -1.08. The van der Waals surface area contributed by atoms with Crippen molar-refractivity contribution in [1.29, 1.82) is 5.26 Å². The standard InChI is InChI=1S/C16H24N2O2/c17-12-16(6-9-20-10-7-16)15(19)18-8-5-13-3-1-2-4-14(13)11-18/h13-14H,1-11H2. The molecule has 20 heavy (non-hydrogen) atoms. The van der Waals surface area contributed by atoms with E-state index in [4.69, 9.17) is 4.74 Å². The van der Waals surface area contributed by atoms with Gasteiger partial charge in [-0.15, -0.1) is 0 Å². The Labute approximate surface area is 121 Å². The van der Waals surface area contributed by atoms with Crippen LogP contribution in [-0.4, -0.2) is 37.1 Å². The molecule has 2 atom stereocenters. The first kappa shape index (κ1) is 13.9. The first-order chi connectivity index (χ1) is 9.75. The number of nitrogens with zero attached hydrogens (tertiary/aromatic N) is 2. The Bertz CT molecular complexity index is 409. The number of rotatable bonds is 1. The summed E-state index contributed by atoms with van der Waals surface area (Å²) in [6, 6.07) is 2.32. The molecule has 4 nitrogen and oxygen atoms in total. The van der Waals surface area contributed by atoms with E-state index in [1.807, 2.05) is 4.90 Å². The van der Waals surface area contributed by atoms with Crippen LogP contribution in [0.1, 0.15) is 44.9 Å². The van der Waals surface area contributed by atoms with Gasteiger partial charge in [0.25, 0.3) is 0 Å². The van der Waals surface area contributed by atoms with Crippen LogP contribution in [0.25, 0.3) is 0 Å². The molecule has 3 aliphatic rings. The highest BCUT2D eigenvalue weighted by atomic mass is 16.5. The second-order valence-corrected chi connectivity index (χ2v) is 6.65. The largest absolute Gasteiger partial charge is 0.381 e. The topological polar surface area (TPSA) is 53.3 Å². The SMILES string of the molecule is N#CC1(C(=O)N2CCC3CCCCC3C2)CCOCC1. The average Bonchev–Trinajstić information content (AvgIpc) is 2.54. The van der Waals surface area contributed by atoms with E-state index in [9.17, 15) is 10.1 Å². The lowest BCUT2D eigenvalue weighted by Gasteiger charge is -2.44. The third-order valence-corrected chi connectivity index (χ3v) is 5.55. The van der Waals surface area contributed by atoms with E-state index in [-0.39, 0.29) is 5.91 Å². The molecule has 3 fully saturated rings. The molecular formula is C16H24N2O2. The summed E-state index contributed by atoms with van der Waals surface area (Å²) in [6.45, 7) is 2.82. The van der Waals surface area contributed by atoms with Gasteiger partial charge >= 0.3 is 0 Å². The lowest BCUT2D eigenvalue weighted by Crippen LogP contribution is -2.51. The van der Waals surface area contributed by atoms with Crippen molar-refractivity contribution in [2.24, 2.45) is 17.3 Å². The van der Waals surface area contributed by atoms with Crippen molar-refractivity contribution in [2.75, 3.05) is 26.3 Å². The molecule has 0 aromatic rings. The molecule has 110 valence electrons. The third-order valence-electron chi connectivity index (χ3n) is 5.55. The minimum Gasteiger partial charge on any atom is -0.381 e. The van der Waals surface area contributed by atoms with Crippen LogP contribution in [0, 0.1) is 28.6 Å². The summed E-state index contributed by atoms with van der Waals surface area (Å²) in [5.41, 5.74) is -0.806. The van der Waals surface area contributed by atoms with Crippen LogP contribution < -0.4 is 0 Å². The summed E-state index contributed by atoms with van der Waals surface area (Å²) in [7, 11) is 0. The smallest absolute Gasteiger partial charge is 0.243 e. The normalized spacial score (nSPS) is 33.0. The maximum absolute atomic E-state index is 12.8. The van der Waals surface area contributed by atoms with E-state index < -0.39 is 5.41 Å². The molecule has 2 unspecified atom stereocenters. The van der Waals surface area contributed by atoms with Gasteiger partial charge in [0.1, 0.15) is 5.41 Å². The molecule has 0 spiro atoms. The third kappa shape index (κ3) is 2.44. The van der Waals surface area contributed by atoms with E-state index in [1.165, 1.54) is 25.7 Å². The molecular weight excluding hydrogens is 252 g/mol. The van der Waals surface area contributed by atoms with Gasteiger partial charge in [-0.05, 0) is 37.5 Å². The van der Waals surface area contributed by atoms with Crippen LogP contribution in [0.5, 0.6) is 0 Å². The fourth-order valence-corrected chi connectivity index (χ4v) is 4.18. The maximum atomic E-state index is 12.8. The average molecular weight is 276 g/mol. The molecule has 4 heteroatoms. The zero-order valence-corrected chi connectivity index (χ0v) is 12.1. The van der Waals surface area contributed by atoms with Gasteiger partial charge in [-0.1, -0.05) is 19.3 Å². The minimum atomic E-state index is -0.806. The molecule has 0 N–H and O–H groups in total. The molecule has 0 bridgehead atoms. The van der Waals surface area contributed by atoms with Crippen molar-refractivity contribution in [2.45, 2.75) is 44.9 Å². The van der Waals surface area contributed by atoms with E-state index in [2.05, 4.69) is 6.07 Å². The monoisotopic (exact) mass is 276 g/mol. The summed E-state index contributed by atoms with van der Waals surface area (Å²) in [5, 5.41) is 9.52. The van der Waals surface area contributed by atoms with Gasteiger partial charge in [0.15, 0.2) is 0 Å². The van der Waals surface area contributed by atoms with Crippen molar-refractivity contribution in [3.63, 3.8) is 0 Å². The highest BCUT2D eigenvalue weighted by Crippen LogP contribution is 2.39. The van der Waals surface area contributed by atoms with Gasteiger partial charge in [-0.3, -0.25) is 4.79 Å². The van der Waals surface area contributed by atoms with Crippen LogP contribution in [0.4, 0.5) is 0 Å². The number of amides is 1. The summed E-state index contributed by atoms with van der Waals surface area (Å²) >= 11 is 0. The molecule has 2 saturated heterocycles. The molecule has 3 rings (SSSR count). The lowest BCUT2D eigenvalue weighted by atomic mass is 9.73. The Morgan fingerprint density at radius 3 is 2.55 bits per heavy atom. The van der Waals surface area contributed by atoms with E-state index in [0.29, 0.717) is 32.0 Å². The number of carbonyl (C=O) groups excluding carboxylic acids is 1. The Kier molecular flexibility index (Phi) is 3.98. The zero-order chi connectivity index (χ0) is 14.0. The van der Waals surface area contributed by atoms with Crippen molar-refractivity contribution >= 4 is 5.91 Å². The minimum absolute atomic E-state index is 0.0762. The summed E-state index contributed by atoms with van der Waals surface area (Å²) in [4.78, 5) is 14.8. The van der Waals surface area contributed by atoms with Gasteiger partial charge in [-0.2, -0.15) is 5.26 Å². The van der Waals surface area contributed by atoms with Crippen LogP contribution >= 0.6 is 0 Å². The first-order valence-corrected chi connectivity index (χ1v) is 8.03. The van der Waals surface area contributed by atoms with Gasteiger partial charge in [0.05, 0.1) is 6.07 Å². The second kappa shape index (κ2) is 5.73. The Morgan fingerprint density at radius 1 is 1.15 bits per heavy atom. The molecule has 0 aromatic carbocycles. The predicted molar refractivity (Wildman–Crippen MR) is 74.7 cm³/mol. The van der Waals surface area contributed by atoms with Crippen LogP contribution in [0.2, 0.25) is 0 Å². The fraction of sp³-hybridized carbons (Fsp3) is 0.875. The molecule has 0 radical (unpaired) electrons. The molecule has 1 saturated carbocycles. The second-order valence-electron chi connectivity index (χ2n) is 6.65. The van der Waals surface area contributed by atoms with Crippen LogP contribution in [-0.2, 0) is 9.53 Å². The number of ether oxygens (including phenoxy) is 1. The highest BCUT2D eigenvalue weighted by Gasteiger charge is 2.45. The number of fused-ring (bicyclic) bond motifs is 1. The Balaban J connectivity index is 1.69. The van der Waals surface area contributed by atoms with Crippen molar-refractivity contribution in [3.05, 3.63) is 0 Å². The van der Waals surface area contributed by atoms with Crippen molar-refractivity contribution < 1.29 is 9.53 Å². The number of hydrogen-bond acceptors (Lipinski definition) is 3. The van der Waals surface area contributed by atoms with E-state index in [0.717, 1.165) is 25.4 Å². The number of hydrogen-bond donors (Lipinski definition) is 0. The van der Waals surface area contributed by atoms with Gasteiger partial charge in [-0.25, -0.2) is 0 Å². The number of likely N-dealkylation sites (tertiary alicyclic amines) is 1. The number of nitriles is 1. The number of carbonyl (C=O) groups is 1. The fourth-order valence-electron chi connectivity index (χ4n) is 4.18. The lowest BCUT2D eigenvalue weighted by molar-refractivity contribution is -0.146. The Morgan fingerprint density at radius 2 is 1.85 bits per heavy atom. The first-order valence-electron chi connectivity index (χ1n) is 8.03. The highest BCUT2D eigenvalue weighted by molar-refractivity contribution is 5.85. The molecule has 2 aliphatic heterocycles. The quantitative estimate of drug-likeness (QED) is 0.738. The van der Waals surface area contributed by atoms with Crippen LogP contribution in [0.3, 0.4) is 0 Å². The van der Waals surface area contributed by atoms with Crippen molar-refractivity contribution in [3.8, 4) is 6.07 Å².